The van der Waals surface area contributed by atoms with Gasteiger partial charge in [0.05, 0.1) is 18.0 Å². The molecule has 1 saturated heterocycles. The van der Waals surface area contributed by atoms with Crippen LogP contribution in [-0.4, -0.2) is 47.3 Å². The molecular formula is C14H21N3O3. The van der Waals surface area contributed by atoms with Crippen LogP contribution < -0.4 is 4.90 Å². The molecular weight excluding hydrogens is 258 g/mol. The molecule has 1 N–H and O–H groups in total. The Kier molecular flexibility index (Phi) is 4.54. The van der Waals surface area contributed by atoms with Crippen molar-refractivity contribution in [2.24, 2.45) is 0 Å². The first-order chi connectivity index (χ1) is 9.49. The molecule has 20 heavy (non-hydrogen) atoms. The Hall–Kier alpha value is -1.69. The molecule has 0 spiro atoms. The van der Waals surface area contributed by atoms with Gasteiger partial charge >= 0.3 is 5.97 Å². The van der Waals surface area contributed by atoms with Gasteiger partial charge in [-0.15, -0.1) is 0 Å². The first-order valence-corrected chi connectivity index (χ1v) is 6.92. The van der Waals surface area contributed by atoms with Gasteiger partial charge in [0.2, 0.25) is 0 Å². The molecule has 2 rings (SSSR count). The molecule has 6 heteroatoms. The number of nitrogens with zero attached hydrogens (tertiary/aromatic N) is 3. The largest absolute Gasteiger partial charge is 0.476 e. The van der Waals surface area contributed by atoms with Crippen molar-refractivity contribution in [2.45, 2.75) is 38.7 Å². The number of carbonyl (C=O) groups is 1. The molecule has 1 aromatic rings. The van der Waals surface area contributed by atoms with Crippen molar-refractivity contribution in [3.63, 3.8) is 0 Å². The summed E-state index contributed by atoms with van der Waals surface area (Å²) in [6.45, 7) is 5.32. The lowest BCUT2D eigenvalue weighted by Gasteiger charge is -2.23. The zero-order valence-electron chi connectivity index (χ0n) is 12.2. The standard InChI is InChI=1S/C14H21N3O3/c1-9(2)13-15-7-11(12(16-13)14(18)19)17(3)8-10-5-4-6-20-10/h7,9-10H,4-6,8H2,1-3H3,(H,18,19). The van der Waals surface area contributed by atoms with E-state index in [9.17, 15) is 9.90 Å². The molecule has 0 aliphatic carbocycles. The lowest BCUT2D eigenvalue weighted by molar-refractivity contribution is 0.0690. The number of likely N-dealkylation sites (N-methyl/N-ethyl adjacent to an activating group) is 1. The molecule has 0 bridgehead atoms. The lowest BCUT2D eigenvalue weighted by Crippen LogP contribution is -2.30. The average Bonchev–Trinajstić information content (AvgIpc) is 2.90. The van der Waals surface area contributed by atoms with Gasteiger partial charge in [-0.05, 0) is 12.8 Å². The van der Waals surface area contributed by atoms with Gasteiger partial charge in [0.1, 0.15) is 5.82 Å². The Bertz CT molecular complexity index is 485. The maximum absolute atomic E-state index is 11.4. The summed E-state index contributed by atoms with van der Waals surface area (Å²) in [5.41, 5.74) is 0.599. The van der Waals surface area contributed by atoms with E-state index in [2.05, 4.69) is 9.97 Å². The summed E-state index contributed by atoms with van der Waals surface area (Å²) in [7, 11) is 1.85. The Labute approximate surface area is 118 Å². The first-order valence-electron chi connectivity index (χ1n) is 6.92. The molecule has 1 aliphatic rings. The van der Waals surface area contributed by atoms with Crippen LogP contribution in [0.25, 0.3) is 0 Å². The summed E-state index contributed by atoms with van der Waals surface area (Å²) < 4.78 is 5.58. The summed E-state index contributed by atoms with van der Waals surface area (Å²) in [6, 6.07) is 0. The zero-order valence-corrected chi connectivity index (χ0v) is 12.2. The van der Waals surface area contributed by atoms with E-state index in [4.69, 9.17) is 4.74 Å². The van der Waals surface area contributed by atoms with Crippen LogP contribution in [0.3, 0.4) is 0 Å². The fourth-order valence-electron chi connectivity index (χ4n) is 2.30. The van der Waals surface area contributed by atoms with E-state index in [1.165, 1.54) is 0 Å². The molecule has 1 fully saturated rings. The van der Waals surface area contributed by atoms with Crippen molar-refractivity contribution in [1.82, 2.24) is 9.97 Å². The van der Waals surface area contributed by atoms with Gasteiger partial charge in [-0.3, -0.25) is 0 Å². The van der Waals surface area contributed by atoms with Gasteiger partial charge in [-0.1, -0.05) is 13.8 Å². The number of hydrogen-bond donors (Lipinski definition) is 1. The molecule has 0 radical (unpaired) electrons. The normalized spacial score (nSPS) is 18.5. The maximum Gasteiger partial charge on any atom is 0.356 e. The van der Waals surface area contributed by atoms with E-state index in [-0.39, 0.29) is 17.7 Å². The van der Waals surface area contributed by atoms with E-state index < -0.39 is 5.97 Å². The van der Waals surface area contributed by atoms with Gasteiger partial charge in [0.15, 0.2) is 5.69 Å². The van der Waals surface area contributed by atoms with Crippen LogP contribution >= 0.6 is 0 Å². The van der Waals surface area contributed by atoms with Gasteiger partial charge < -0.3 is 14.7 Å². The number of aromatic nitrogens is 2. The predicted molar refractivity (Wildman–Crippen MR) is 75.3 cm³/mol. The predicted octanol–water partition coefficient (Wildman–Crippen LogP) is 1.91. The summed E-state index contributed by atoms with van der Waals surface area (Å²) >= 11 is 0. The summed E-state index contributed by atoms with van der Waals surface area (Å²) in [5.74, 6) is -0.370. The quantitative estimate of drug-likeness (QED) is 0.887. The Morgan fingerprint density at radius 1 is 1.60 bits per heavy atom. The SMILES string of the molecule is CC(C)c1ncc(N(C)CC2CCCO2)c(C(=O)O)n1. The van der Waals surface area contributed by atoms with E-state index >= 15 is 0 Å². The minimum absolute atomic E-state index is 0.0594. The highest BCUT2D eigenvalue weighted by Gasteiger charge is 2.22. The van der Waals surface area contributed by atoms with E-state index in [1.54, 1.807) is 6.20 Å². The van der Waals surface area contributed by atoms with Gasteiger partial charge in [-0.25, -0.2) is 14.8 Å². The van der Waals surface area contributed by atoms with Crippen molar-refractivity contribution in [3.05, 3.63) is 17.7 Å². The summed E-state index contributed by atoms with van der Waals surface area (Å²) in [5, 5.41) is 9.33. The highest BCUT2D eigenvalue weighted by atomic mass is 16.5. The Morgan fingerprint density at radius 3 is 2.90 bits per heavy atom. The fourth-order valence-corrected chi connectivity index (χ4v) is 2.30. The van der Waals surface area contributed by atoms with Crippen LogP contribution in [0.15, 0.2) is 6.20 Å². The highest BCUT2D eigenvalue weighted by Crippen LogP contribution is 2.22. The second-order valence-electron chi connectivity index (χ2n) is 5.44. The van der Waals surface area contributed by atoms with Crippen LogP contribution in [0.5, 0.6) is 0 Å². The maximum atomic E-state index is 11.4. The zero-order chi connectivity index (χ0) is 14.7. The molecule has 1 aliphatic heterocycles. The third kappa shape index (κ3) is 3.25. The lowest BCUT2D eigenvalue weighted by atomic mass is 10.2. The molecule has 0 amide bonds. The first kappa shape index (κ1) is 14.7. The van der Waals surface area contributed by atoms with Gasteiger partial charge in [0.25, 0.3) is 0 Å². The minimum atomic E-state index is -1.02. The third-order valence-corrected chi connectivity index (χ3v) is 3.42. The highest BCUT2D eigenvalue weighted by molar-refractivity contribution is 5.91. The number of carboxylic acid groups (broad SMARTS) is 1. The smallest absolute Gasteiger partial charge is 0.356 e. The van der Waals surface area contributed by atoms with Crippen LogP contribution in [0.4, 0.5) is 5.69 Å². The molecule has 110 valence electrons. The minimum Gasteiger partial charge on any atom is -0.476 e. The van der Waals surface area contributed by atoms with Crippen molar-refractivity contribution < 1.29 is 14.6 Å². The second-order valence-corrected chi connectivity index (χ2v) is 5.44. The number of hydrogen-bond acceptors (Lipinski definition) is 5. The fraction of sp³-hybridized carbons (Fsp3) is 0.643. The molecule has 1 aromatic heterocycles. The van der Waals surface area contributed by atoms with Crippen LogP contribution in [0, 0.1) is 0 Å². The monoisotopic (exact) mass is 279 g/mol. The number of aromatic carboxylic acids is 1. The third-order valence-electron chi connectivity index (χ3n) is 3.42. The molecule has 2 heterocycles. The van der Waals surface area contributed by atoms with Crippen LogP contribution in [-0.2, 0) is 4.74 Å². The van der Waals surface area contributed by atoms with Crippen LogP contribution in [0.2, 0.25) is 0 Å². The summed E-state index contributed by atoms with van der Waals surface area (Å²) in [6.07, 6.45) is 3.83. The molecule has 1 unspecified atom stereocenters. The van der Waals surface area contributed by atoms with E-state index in [0.29, 0.717) is 18.1 Å². The van der Waals surface area contributed by atoms with Crippen LogP contribution in [0.1, 0.15) is 48.9 Å². The van der Waals surface area contributed by atoms with Crippen molar-refractivity contribution in [1.29, 1.82) is 0 Å². The van der Waals surface area contributed by atoms with Crippen molar-refractivity contribution in [3.8, 4) is 0 Å². The van der Waals surface area contributed by atoms with E-state index in [0.717, 1.165) is 19.4 Å². The Balaban J connectivity index is 2.22. The van der Waals surface area contributed by atoms with Crippen molar-refractivity contribution in [2.75, 3.05) is 25.1 Å². The number of anilines is 1. The summed E-state index contributed by atoms with van der Waals surface area (Å²) in [4.78, 5) is 21.7. The number of carboxylic acids is 1. The van der Waals surface area contributed by atoms with E-state index in [1.807, 2.05) is 25.8 Å². The van der Waals surface area contributed by atoms with Gasteiger partial charge in [-0.2, -0.15) is 0 Å². The molecule has 0 aromatic carbocycles. The van der Waals surface area contributed by atoms with Gasteiger partial charge in [0, 0.05) is 26.1 Å². The second kappa shape index (κ2) is 6.17. The topological polar surface area (TPSA) is 75.6 Å². The molecule has 1 atom stereocenters. The van der Waals surface area contributed by atoms with Crippen molar-refractivity contribution >= 4 is 11.7 Å². The number of ether oxygens (including phenoxy) is 1. The molecule has 0 saturated carbocycles. The number of rotatable bonds is 5. The average molecular weight is 279 g/mol. The Morgan fingerprint density at radius 2 is 2.35 bits per heavy atom. The molecule has 6 nitrogen and oxygen atoms in total.